The maximum absolute atomic E-state index is 13.4. The van der Waals surface area contributed by atoms with E-state index < -0.39 is 11.7 Å². The number of nitrogens with zero attached hydrogens (tertiary/aromatic N) is 2. The van der Waals surface area contributed by atoms with Crippen LogP contribution in [0.5, 0.6) is 0 Å². The van der Waals surface area contributed by atoms with Crippen LogP contribution in [-0.4, -0.2) is 22.4 Å². The Balaban J connectivity index is 2.23. The summed E-state index contributed by atoms with van der Waals surface area (Å²) >= 11 is 0. The topological polar surface area (TPSA) is 66.9 Å². The zero-order valence-electron chi connectivity index (χ0n) is 12.0. The molecule has 0 aliphatic carbocycles. The summed E-state index contributed by atoms with van der Waals surface area (Å²) in [5.74, 6) is -0.583. The molecule has 2 aromatic heterocycles. The zero-order valence-corrected chi connectivity index (χ0v) is 12.0. The number of hydrogen-bond donors (Lipinski definition) is 2. The molecule has 21 heavy (non-hydrogen) atoms. The smallest absolute Gasteiger partial charge is 0.259 e. The number of aryl methyl sites for hydroxylation is 1. The second kappa shape index (κ2) is 6.78. The van der Waals surface area contributed by atoms with Crippen molar-refractivity contribution in [2.45, 2.75) is 20.3 Å². The predicted octanol–water partition coefficient (Wildman–Crippen LogP) is 3.00. The molecule has 0 aromatic carbocycles. The monoisotopic (exact) mass is 288 g/mol. The van der Waals surface area contributed by atoms with Gasteiger partial charge >= 0.3 is 0 Å². The number of rotatable bonds is 5. The molecule has 0 radical (unpaired) electrons. The maximum atomic E-state index is 13.4. The number of carbonyl (C=O) groups excluding carboxylic acids is 1. The molecule has 0 fully saturated rings. The van der Waals surface area contributed by atoms with Gasteiger partial charge in [0.25, 0.3) is 5.91 Å². The number of hydrogen-bond acceptors (Lipinski definition) is 4. The fourth-order valence-electron chi connectivity index (χ4n) is 1.82. The van der Waals surface area contributed by atoms with Crippen molar-refractivity contribution in [3.05, 3.63) is 47.7 Å². The van der Waals surface area contributed by atoms with E-state index in [2.05, 4.69) is 20.6 Å². The van der Waals surface area contributed by atoms with E-state index in [1.165, 1.54) is 6.07 Å². The van der Waals surface area contributed by atoms with Crippen molar-refractivity contribution < 1.29 is 9.18 Å². The molecular formula is C15H17FN4O. The third kappa shape index (κ3) is 3.98. The minimum atomic E-state index is -0.548. The molecule has 5 nitrogen and oxygen atoms in total. The molecule has 0 unspecified atom stereocenters. The maximum Gasteiger partial charge on any atom is 0.259 e. The Hall–Kier alpha value is -2.50. The van der Waals surface area contributed by atoms with Gasteiger partial charge in [-0.1, -0.05) is 6.92 Å². The van der Waals surface area contributed by atoms with E-state index >= 15 is 0 Å². The number of amides is 1. The molecule has 2 N–H and O–H groups in total. The molecule has 2 rings (SSSR count). The molecule has 0 saturated carbocycles. The molecule has 0 atom stereocenters. The van der Waals surface area contributed by atoms with Gasteiger partial charge in [0, 0.05) is 24.1 Å². The lowest BCUT2D eigenvalue weighted by atomic mass is 10.2. The molecule has 2 heterocycles. The van der Waals surface area contributed by atoms with Gasteiger partial charge in [-0.25, -0.2) is 9.37 Å². The van der Waals surface area contributed by atoms with Gasteiger partial charge in [0.1, 0.15) is 11.6 Å². The highest BCUT2D eigenvalue weighted by atomic mass is 19.1. The third-order valence-electron chi connectivity index (χ3n) is 2.80. The van der Waals surface area contributed by atoms with Crippen LogP contribution in [0.1, 0.15) is 29.4 Å². The Morgan fingerprint density at radius 1 is 1.33 bits per heavy atom. The highest BCUT2D eigenvalue weighted by molar-refractivity contribution is 6.07. The summed E-state index contributed by atoms with van der Waals surface area (Å²) in [6, 6.07) is 4.59. The molecule has 0 aliphatic rings. The second-order valence-corrected chi connectivity index (χ2v) is 4.62. The van der Waals surface area contributed by atoms with E-state index in [4.69, 9.17) is 0 Å². The Morgan fingerprint density at radius 3 is 2.86 bits per heavy atom. The van der Waals surface area contributed by atoms with Crippen LogP contribution >= 0.6 is 0 Å². The van der Waals surface area contributed by atoms with Gasteiger partial charge in [0.05, 0.1) is 11.8 Å². The molecule has 6 heteroatoms. The third-order valence-corrected chi connectivity index (χ3v) is 2.80. The normalized spacial score (nSPS) is 10.2. The van der Waals surface area contributed by atoms with Crippen LogP contribution in [0, 0.1) is 12.7 Å². The van der Waals surface area contributed by atoms with Crippen LogP contribution in [0.4, 0.5) is 15.9 Å². The number of nitrogens with one attached hydrogen (secondary N) is 2. The largest absolute Gasteiger partial charge is 0.369 e. The van der Waals surface area contributed by atoms with E-state index in [0.29, 0.717) is 18.1 Å². The molecule has 0 bridgehead atoms. The van der Waals surface area contributed by atoms with Crippen LogP contribution in [-0.2, 0) is 0 Å². The SMILES string of the molecule is CCCNc1ncc(F)cc1C(=O)Nc1ccnc(C)c1. The summed E-state index contributed by atoms with van der Waals surface area (Å²) in [7, 11) is 0. The fourth-order valence-corrected chi connectivity index (χ4v) is 1.82. The van der Waals surface area contributed by atoms with Crippen LogP contribution in [0.2, 0.25) is 0 Å². The molecule has 110 valence electrons. The van der Waals surface area contributed by atoms with Gasteiger partial charge < -0.3 is 10.6 Å². The lowest BCUT2D eigenvalue weighted by molar-refractivity contribution is 0.102. The summed E-state index contributed by atoms with van der Waals surface area (Å²) in [6.45, 7) is 4.48. The Morgan fingerprint density at radius 2 is 2.14 bits per heavy atom. The van der Waals surface area contributed by atoms with Crippen LogP contribution in [0.15, 0.2) is 30.6 Å². The number of aromatic nitrogens is 2. The predicted molar refractivity (Wildman–Crippen MR) is 79.9 cm³/mol. The van der Waals surface area contributed by atoms with Gasteiger partial charge in [-0.15, -0.1) is 0 Å². The average molecular weight is 288 g/mol. The van der Waals surface area contributed by atoms with Gasteiger partial charge in [-0.05, 0) is 31.5 Å². The quantitative estimate of drug-likeness (QED) is 0.887. The van der Waals surface area contributed by atoms with E-state index in [9.17, 15) is 9.18 Å². The van der Waals surface area contributed by atoms with Gasteiger partial charge in [0.2, 0.25) is 0 Å². The van der Waals surface area contributed by atoms with E-state index in [0.717, 1.165) is 18.3 Å². The first-order valence-electron chi connectivity index (χ1n) is 6.73. The minimum absolute atomic E-state index is 0.179. The molecular weight excluding hydrogens is 271 g/mol. The molecule has 0 aliphatic heterocycles. The van der Waals surface area contributed by atoms with Gasteiger partial charge in [-0.2, -0.15) is 0 Å². The standard InChI is InChI=1S/C15H17FN4O/c1-3-5-18-14-13(8-11(16)9-19-14)15(21)20-12-4-6-17-10(2)7-12/h4,6-9H,3,5H2,1-2H3,(H,18,19)(H,17,20,21). The van der Waals surface area contributed by atoms with Crippen molar-refractivity contribution in [1.29, 1.82) is 0 Å². The average Bonchev–Trinajstić information content (AvgIpc) is 2.46. The lowest BCUT2D eigenvalue weighted by Crippen LogP contribution is -2.16. The summed E-state index contributed by atoms with van der Waals surface area (Å²) in [5, 5.41) is 5.73. The van der Waals surface area contributed by atoms with Crippen molar-refractivity contribution in [2.75, 3.05) is 17.2 Å². The Kier molecular flexibility index (Phi) is 4.81. The fraction of sp³-hybridized carbons (Fsp3) is 0.267. The Bertz CT molecular complexity index is 645. The van der Waals surface area contributed by atoms with Crippen LogP contribution in [0.25, 0.3) is 0 Å². The number of halogens is 1. The van der Waals surface area contributed by atoms with E-state index in [1.54, 1.807) is 18.3 Å². The number of carbonyl (C=O) groups is 1. The van der Waals surface area contributed by atoms with Crippen LogP contribution < -0.4 is 10.6 Å². The summed E-state index contributed by atoms with van der Waals surface area (Å²) in [5.41, 5.74) is 1.57. The summed E-state index contributed by atoms with van der Waals surface area (Å²) < 4.78 is 13.4. The summed E-state index contributed by atoms with van der Waals surface area (Å²) in [6.07, 6.45) is 3.57. The van der Waals surface area contributed by atoms with Crippen molar-refractivity contribution in [1.82, 2.24) is 9.97 Å². The Labute approximate surface area is 122 Å². The lowest BCUT2D eigenvalue weighted by Gasteiger charge is -2.11. The number of pyridine rings is 2. The van der Waals surface area contributed by atoms with E-state index in [1.807, 2.05) is 13.8 Å². The second-order valence-electron chi connectivity index (χ2n) is 4.62. The van der Waals surface area contributed by atoms with E-state index in [-0.39, 0.29) is 5.56 Å². The van der Waals surface area contributed by atoms with Crippen molar-refractivity contribution in [3.8, 4) is 0 Å². The molecule has 0 saturated heterocycles. The first-order chi connectivity index (χ1) is 10.1. The molecule has 2 aromatic rings. The minimum Gasteiger partial charge on any atom is -0.369 e. The zero-order chi connectivity index (χ0) is 15.2. The summed E-state index contributed by atoms with van der Waals surface area (Å²) in [4.78, 5) is 20.3. The number of anilines is 2. The van der Waals surface area contributed by atoms with Crippen LogP contribution in [0.3, 0.4) is 0 Å². The molecule has 0 spiro atoms. The van der Waals surface area contributed by atoms with Crippen molar-refractivity contribution >= 4 is 17.4 Å². The van der Waals surface area contributed by atoms with Gasteiger partial charge in [0.15, 0.2) is 0 Å². The highest BCUT2D eigenvalue weighted by Crippen LogP contribution is 2.16. The van der Waals surface area contributed by atoms with Crippen molar-refractivity contribution in [3.63, 3.8) is 0 Å². The first-order valence-corrected chi connectivity index (χ1v) is 6.73. The first kappa shape index (κ1) is 14.9. The highest BCUT2D eigenvalue weighted by Gasteiger charge is 2.14. The van der Waals surface area contributed by atoms with Gasteiger partial charge in [-0.3, -0.25) is 9.78 Å². The molecule has 1 amide bonds. The van der Waals surface area contributed by atoms with Crippen molar-refractivity contribution in [2.24, 2.45) is 0 Å².